The molecule has 3 aliphatic rings. The van der Waals surface area contributed by atoms with Gasteiger partial charge in [0.1, 0.15) is 5.82 Å². The predicted molar refractivity (Wildman–Crippen MR) is 78.6 cm³/mol. The summed E-state index contributed by atoms with van der Waals surface area (Å²) < 4.78 is 12.9. The fraction of sp³-hybridized carbons (Fsp3) is 0.529. The van der Waals surface area contributed by atoms with Crippen LogP contribution in [0.15, 0.2) is 24.3 Å². The van der Waals surface area contributed by atoms with Gasteiger partial charge in [0.15, 0.2) is 0 Å². The first-order valence-electron chi connectivity index (χ1n) is 7.97. The van der Waals surface area contributed by atoms with Crippen molar-refractivity contribution in [1.82, 2.24) is 9.80 Å². The van der Waals surface area contributed by atoms with Crippen molar-refractivity contribution in [3.63, 3.8) is 0 Å². The van der Waals surface area contributed by atoms with Crippen molar-refractivity contribution < 1.29 is 14.0 Å². The van der Waals surface area contributed by atoms with Gasteiger partial charge >= 0.3 is 0 Å². The summed E-state index contributed by atoms with van der Waals surface area (Å²) in [6.07, 6.45) is 3.02. The van der Waals surface area contributed by atoms with Crippen molar-refractivity contribution in [3.8, 4) is 0 Å². The van der Waals surface area contributed by atoms with E-state index in [-0.39, 0.29) is 36.0 Å². The second-order valence-electron chi connectivity index (χ2n) is 6.58. The van der Waals surface area contributed by atoms with Gasteiger partial charge < -0.3 is 9.80 Å². The van der Waals surface area contributed by atoms with Gasteiger partial charge in [0.05, 0.1) is 6.54 Å². The lowest BCUT2D eigenvalue weighted by atomic mass is 10.1. The summed E-state index contributed by atoms with van der Waals surface area (Å²) in [6, 6.07) is 6.81. The summed E-state index contributed by atoms with van der Waals surface area (Å²) in [5, 5.41) is 0. The Bertz CT molecular complexity index is 612. The van der Waals surface area contributed by atoms with E-state index < -0.39 is 0 Å². The van der Waals surface area contributed by atoms with Crippen LogP contribution in [0.25, 0.3) is 0 Å². The van der Waals surface area contributed by atoms with Gasteiger partial charge in [0.25, 0.3) is 0 Å². The number of nitrogens with zero attached hydrogens (tertiary/aromatic N) is 2. The lowest BCUT2D eigenvalue weighted by molar-refractivity contribution is -0.146. The molecule has 0 spiro atoms. The second kappa shape index (κ2) is 5.07. The molecule has 0 bridgehead atoms. The molecule has 1 aromatic carbocycles. The van der Waals surface area contributed by atoms with Crippen LogP contribution in [0.1, 0.15) is 30.7 Å². The highest BCUT2D eigenvalue weighted by atomic mass is 19.1. The van der Waals surface area contributed by atoms with Crippen LogP contribution in [0.3, 0.4) is 0 Å². The molecule has 1 aliphatic heterocycles. The van der Waals surface area contributed by atoms with Crippen LogP contribution < -0.4 is 0 Å². The highest BCUT2D eigenvalue weighted by Crippen LogP contribution is 2.48. The minimum Gasteiger partial charge on any atom is -0.336 e. The first kappa shape index (κ1) is 13.7. The van der Waals surface area contributed by atoms with Crippen LogP contribution in [0, 0.1) is 11.7 Å². The topological polar surface area (TPSA) is 40.6 Å². The molecule has 1 aromatic rings. The summed E-state index contributed by atoms with van der Waals surface area (Å²) in [6.45, 7) is 1.54. The number of rotatable bonds is 3. The molecule has 2 amide bonds. The lowest BCUT2D eigenvalue weighted by Gasteiger charge is -2.34. The smallest absolute Gasteiger partial charge is 0.242 e. The van der Waals surface area contributed by atoms with E-state index in [2.05, 4.69) is 0 Å². The monoisotopic (exact) mass is 302 g/mol. The molecule has 5 heteroatoms. The third-order valence-electron chi connectivity index (χ3n) is 4.96. The lowest BCUT2D eigenvalue weighted by Crippen LogP contribution is -2.53. The van der Waals surface area contributed by atoms with Gasteiger partial charge in [-0.1, -0.05) is 12.1 Å². The quantitative estimate of drug-likeness (QED) is 0.854. The summed E-state index contributed by atoms with van der Waals surface area (Å²) in [4.78, 5) is 28.3. The van der Waals surface area contributed by atoms with E-state index in [0.29, 0.717) is 19.1 Å². The first-order chi connectivity index (χ1) is 10.6. The van der Waals surface area contributed by atoms with Crippen LogP contribution in [0.5, 0.6) is 0 Å². The molecule has 0 N–H and O–H groups in total. The number of hydrogen-bond acceptors (Lipinski definition) is 2. The van der Waals surface area contributed by atoms with Crippen LogP contribution in [0.4, 0.5) is 4.39 Å². The maximum Gasteiger partial charge on any atom is 0.242 e. The molecule has 2 atom stereocenters. The van der Waals surface area contributed by atoms with Gasteiger partial charge in [-0.05, 0) is 42.9 Å². The highest BCUT2D eigenvalue weighted by Gasteiger charge is 2.47. The van der Waals surface area contributed by atoms with E-state index in [1.54, 1.807) is 17.0 Å². The van der Waals surface area contributed by atoms with Crippen molar-refractivity contribution in [2.75, 3.05) is 19.6 Å². The standard InChI is InChI=1S/C17H19FN2O2/c18-12-3-1-11(2-4-12)14-9-15(14)17(22)19-7-8-20(13-5-6-13)16(21)10-19/h1-4,13-15H,5-10H2/t14-,15-/m0/s1. The minimum atomic E-state index is -0.255. The van der Waals surface area contributed by atoms with Crippen molar-refractivity contribution in [2.45, 2.75) is 31.2 Å². The molecule has 2 aliphatic carbocycles. The number of carbonyl (C=O) groups is 2. The zero-order chi connectivity index (χ0) is 15.3. The van der Waals surface area contributed by atoms with E-state index in [4.69, 9.17) is 0 Å². The zero-order valence-corrected chi connectivity index (χ0v) is 12.4. The van der Waals surface area contributed by atoms with E-state index in [1.165, 1.54) is 12.1 Å². The normalized spacial score (nSPS) is 28.0. The zero-order valence-electron chi connectivity index (χ0n) is 12.4. The number of benzene rings is 1. The Morgan fingerprint density at radius 1 is 1.14 bits per heavy atom. The van der Waals surface area contributed by atoms with Gasteiger partial charge in [-0.25, -0.2) is 4.39 Å². The molecular weight excluding hydrogens is 283 g/mol. The van der Waals surface area contributed by atoms with Gasteiger partial charge in [0.2, 0.25) is 11.8 Å². The number of carbonyl (C=O) groups excluding carboxylic acids is 2. The molecule has 1 saturated heterocycles. The summed E-state index contributed by atoms with van der Waals surface area (Å²) in [5.41, 5.74) is 1.02. The van der Waals surface area contributed by atoms with Crippen LogP contribution in [0.2, 0.25) is 0 Å². The minimum absolute atomic E-state index is 0.0364. The third-order valence-corrected chi connectivity index (χ3v) is 4.96. The van der Waals surface area contributed by atoms with Gasteiger partial charge in [0, 0.05) is 25.0 Å². The third kappa shape index (κ3) is 2.49. The van der Waals surface area contributed by atoms with Gasteiger partial charge in [-0.2, -0.15) is 0 Å². The maximum atomic E-state index is 12.9. The van der Waals surface area contributed by atoms with Gasteiger partial charge in [-0.15, -0.1) is 0 Å². The maximum absolute atomic E-state index is 12.9. The summed E-state index contributed by atoms with van der Waals surface area (Å²) in [5.74, 6) is 0.0590. The van der Waals surface area contributed by atoms with Crippen LogP contribution >= 0.6 is 0 Å². The SMILES string of the molecule is O=C([C@H]1C[C@H]1c1ccc(F)cc1)N1CCN(C2CC2)C(=O)C1. The fourth-order valence-electron chi connectivity index (χ4n) is 3.43. The number of hydrogen-bond donors (Lipinski definition) is 0. The van der Waals surface area contributed by atoms with Crippen LogP contribution in [-0.4, -0.2) is 47.3 Å². The fourth-order valence-corrected chi connectivity index (χ4v) is 3.43. The van der Waals surface area contributed by atoms with Crippen molar-refractivity contribution >= 4 is 11.8 Å². The Kier molecular flexibility index (Phi) is 3.17. The summed E-state index contributed by atoms with van der Waals surface area (Å²) in [7, 11) is 0. The van der Waals surface area contributed by atoms with E-state index in [9.17, 15) is 14.0 Å². The first-order valence-corrected chi connectivity index (χ1v) is 7.97. The molecule has 1 heterocycles. The Morgan fingerprint density at radius 2 is 1.86 bits per heavy atom. The molecule has 0 radical (unpaired) electrons. The number of piperazine rings is 1. The Morgan fingerprint density at radius 3 is 2.50 bits per heavy atom. The molecule has 116 valence electrons. The van der Waals surface area contributed by atoms with Crippen molar-refractivity contribution in [2.24, 2.45) is 5.92 Å². The Balaban J connectivity index is 1.37. The van der Waals surface area contributed by atoms with E-state index >= 15 is 0 Å². The molecule has 0 aromatic heterocycles. The number of halogens is 1. The number of amides is 2. The molecule has 22 heavy (non-hydrogen) atoms. The molecule has 2 saturated carbocycles. The molecule has 3 fully saturated rings. The largest absolute Gasteiger partial charge is 0.336 e. The predicted octanol–water partition coefficient (Wildman–Crippen LogP) is 1.76. The molecule has 4 nitrogen and oxygen atoms in total. The average Bonchev–Trinajstić information content (AvgIpc) is 3.40. The molecule has 0 unspecified atom stereocenters. The summed E-state index contributed by atoms with van der Waals surface area (Å²) >= 11 is 0. The van der Waals surface area contributed by atoms with Crippen molar-refractivity contribution in [3.05, 3.63) is 35.6 Å². The Hall–Kier alpha value is -1.91. The van der Waals surface area contributed by atoms with Crippen molar-refractivity contribution in [1.29, 1.82) is 0 Å². The van der Waals surface area contributed by atoms with Crippen LogP contribution in [-0.2, 0) is 9.59 Å². The van der Waals surface area contributed by atoms with E-state index in [1.807, 2.05) is 4.90 Å². The molecular formula is C17H19FN2O2. The second-order valence-corrected chi connectivity index (χ2v) is 6.58. The highest BCUT2D eigenvalue weighted by molar-refractivity contribution is 5.89. The van der Waals surface area contributed by atoms with Gasteiger partial charge in [-0.3, -0.25) is 9.59 Å². The molecule has 4 rings (SSSR count). The average molecular weight is 302 g/mol. The Labute approximate surface area is 128 Å². The van der Waals surface area contributed by atoms with E-state index in [0.717, 1.165) is 24.8 Å².